The zero-order valence-electron chi connectivity index (χ0n) is 14.5. The van der Waals surface area contributed by atoms with Gasteiger partial charge in [-0.15, -0.1) is 0 Å². The number of hydrogen-bond donors (Lipinski definition) is 2. The molecule has 136 valence electrons. The van der Waals surface area contributed by atoms with Crippen LogP contribution in [-0.4, -0.2) is 44.6 Å². The lowest BCUT2D eigenvalue weighted by Gasteiger charge is -2.18. The maximum absolute atomic E-state index is 12.4. The van der Waals surface area contributed by atoms with E-state index in [9.17, 15) is 9.59 Å². The molecule has 7 nitrogen and oxygen atoms in total. The summed E-state index contributed by atoms with van der Waals surface area (Å²) in [6, 6.07) is 7.41. The van der Waals surface area contributed by atoms with E-state index in [1.54, 1.807) is 4.90 Å². The molecule has 7 heteroatoms. The van der Waals surface area contributed by atoms with E-state index in [-0.39, 0.29) is 12.6 Å². The first kappa shape index (κ1) is 16.6. The lowest BCUT2D eigenvalue weighted by Crippen LogP contribution is -2.33. The molecule has 0 spiro atoms. The Morgan fingerprint density at radius 3 is 2.92 bits per heavy atom. The molecule has 0 aliphatic carbocycles. The Labute approximate surface area is 151 Å². The normalized spacial score (nSPS) is 19.2. The van der Waals surface area contributed by atoms with Crippen LogP contribution in [-0.2, 0) is 17.8 Å². The van der Waals surface area contributed by atoms with Crippen molar-refractivity contribution < 1.29 is 14.7 Å². The van der Waals surface area contributed by atoms with E-state index in [0.717, 1.165) is 30.8 Å². The molecule has 1 unspecified atom stereocenters. The molecule has 0 bridgehead atoms. The van der Waals surface area contributed by atoms with Crippen LogP contribution in [0.2, 0.25) is 0 Å². The van der Waals surface area contributed by atoms with Gasteiger partial charge in [0, 0.05) is 42.8 Å². The molecule has 1 atom stereocenters. The van der Waals surface area contributed by atoms with Crippen LogP contribution in [0.1, 0.15) is 25.0 Å². The number of aliphatic carboxylic acids is 1. The number of aromatic nitrogens is 2. The molecule has 2 aliphatic rings. The lowest BCUT2D eigenvalue weighted by atomic mass is 10.1. The number of hydrogen-bond acceptors (Lipinski definition) is 3. The highest BCUT2D eigenvalue weighted by Crippen LogP contribution is 2.27. The van der Waals surface area contributed by atoms with Gasteiger partial charge in [-0.25, -0.2) is 9.78 Å². The summed E-state index contributed by atoms with van der Waals surface area (Å²) in [6.45, 7) is 1.70. The number of nitrogens with one attached hydrogen (secondary N) is 1. The second-order valence-electron chi connectivity index (χ2n) is 6.96. The maximum Gasteiger partial charge on any atom is 0.321 e. The Morgan fingerprint density at radius 1 is 1.23 bits per heavy atom. The number of urea groups is 1. The predicted octanol–water partition coefficient (Wildman–Crippen LogP) is 2.82. The van der Waals surface area contributed by atoms with Crippen molar-refractivity contribution in [1.29, 1.82) is 0 Å². The number of benzene rings is 1. The zero-order chi connectivity index (χ0) is 18.1. The Balaban J connectivity index is 1.49. The van der Waals surface area contributed by atoms with Crippen molar-refractivity contribution in [2.45, 2.75) is 32.2 Å². The number of carbonyl (C=O) groups is 2. The number of rotatable bonds is 3. The number of amides is 2. The molecule has 1 saturated heterocycles. The van der Waals surface area contributed by atoms with E-state index < -0.39 is 11.9 Å². The Morgan fingerprint density at radius 2 is 2.12 bits per heavy atom. The first-order chi connectivity index (χ1) is 12.6. The largest absolute Gasteiger partial charge is 0.481 e. The van der Waals surface area contributed by atoms with E-state index in [1.807, 2.05) is 30.5 Å². The van der Waals surface area contributed by atoms with Gasteiger partial charge in [-0.05, 0) is 37.8 Å². The highest BCUT2D eigenvalue weighted by molar-refractivity contribution is 5.90. The van der Waals surface area contributed by atoms with Crippen molar-refractivity contribution in [3.8, 4) is 11.4 Å². The average Bonchev–Trinajstić information content (AvgIpc) is 3.29. The fraction of sp³-hybridized carbons (Fsp3) is 0.421. The monoisotopic (exact) mass is 354 g/mol. The number of likely N-dealkylation sites (tertiary alicyclic amines) is 1. The molecule has 1 fully saturated rings. The minimum atomic E-state index is -0.841. The molecule has 3 heterocycles. The van der Waals surface area contributed by atoms with Crippen LogP contribution in [0.3, 0.4) is 0 Å². The number of fused-ring (bicyclic) bond motifs is 1. The standard InChI is InChI=1S/C19H22N4O3/c24-18(25)14-7-9-22(12-14)19(26)21-15-5-3-4-13(10-15)17-20-11-16-6-1-2-8-23(16)17/h3-5,10-11,14H,1-2,6-9,12H2,(H,21,26)(H,24,25). The molecule has 2 amide bonds. The van der Waals surface area contributed by atoms with Crippen LogP contribution >= 0.6 is 0 Å². The Kier molecular flexibility index (Phi) is 4.36. The van der Waals surface area contributed by atoms with Crippen molar-refractivity contribution in [2.24, 2.45) is 5.92 Å². The van der Waals surface area contributed by atoms with Crippen LogP contribution < -0.4 is 5.32 Å². The fourth-order valence-electron chi connectivity index (χ4n) is 3.75. The molecule has 1 aromatic heterocycles. The van der Waals surface area contributed by atoms with Gasteiger partial charge in [-0.1, -0.05) is 12.1 Å². The number of aryl methyl sites for hydroxylation is 1. The smallest absolute Gasteiger partial charge is 0.321 e. The van der Waals surface area contributed by atoms with E-state index >= 15 is 0 Å². The SMILES string of the molecule is O=C(O)C1CCN(C(=O)Nc2cccc(-c3ncc4n3CCCC4)c2)C1. The minimum absolute atomic E-state index is 0.254. The van der Waals surface area contributed by atoms with Crippen molar-refractivity contribution in [3.05, 3.63) is 36.2 Å². The molecular weight excluding hydrogens is 332 g/mol. The van der Waals surface area contributed by atoms with Crippen molar-refractivity contribution in [3.63, 3.8) is 0 Å². The summed E-state index contributed by atoms with van der Waals surface area (Å²) in [5, 5.41) is 12.0. The Bertz CT molecular complexity index is 845. The van der Waals surface area contributed by atoms with Gasteiger partial charge in [0.2, 0.25) is 0 Å². The van der Waals surface area contributed by atoms with Crippen LogP contribution in [0, 0.1) is 5.92 Å². The van der Waals surface area contributed by atoms with Gasteiger partial charge in [-0.2, -0.15) is 0 Å². The number of carboxylic acid groups (broad SMARTS) is 1. The van der Waals surface area contributed by atoms with Crippen molar-refractivity contribution in [1.82, 2.24) is 14.5 Å². The summed E-state index contributed by atoms with van der Waals surface area (Å²) in [7, 11) is 0. The summed E-state index contributed by atoms with van der Waals surface area (Å²) >= 11 is 0. The summed E-state index contributed by atoms with van der Waals surface area (Å²) in [5.74, 6) is -0.377. The van der Waals surface area contributed by atoms with Gasteiger partial charge >= 0.3 is 12.0 Å². The quantitative estimate of drug-likeness (QED) is 0.887. The van der Waals surface area contributed by atoms with E-state index in [4.69, 9.17) is 5.11 Å². The zero-order valence-corrected chi connectivity index (χ0v) is 14.5. The minimum Gasteiger partial charge on any atom is -0.481 e. The van der Waals surface area contributed by atoms with Crippen LogP contribution in [0.5, 0.6) is 0 Å². The highest BCUT2D eigenvalue weighted by atomic mass is 16.4. The molecular formula is C19H22N4O3. The summed E-state index contributed by atoms with van der Waals surface area (Å²) in [6.07, 6.45) is 5.86. The third-order valence-electron chi connectivity index (χ3n) is 5.20. The summed E-state index contributed by atoms with van der Waals surface area (Å²) in [4.78, 5) is 29.6. The Hall–Kier alpha value is -2.83. The molecule has 2 N–H and O–H groups in total. The number of carboxylic acids is 1. The first-order valence-electron chi connectivity index (χ1n) is 9.05. The van der Waals surface area contributed by atoms with Gasteiger partial charge in [0.25, 0.3) is 0 Å². The van der Waals surface area contributed by atoms with Gasteiger partial charge in [0.1, 0.15) is 5.82 Å². The van der Waals surface area contributed by atoms with Crippen LogP contribution in [0.4, 0.5) is 10.5 Å². The third kappa shape index (κ3) is 3.16. The first-order valence-corrected chi connectivity index (χ1v) is 9.05. The second kappa shape index (κ2) is 6.82. The molecule has 0 radical (unpaired) electrons. The average molecular weight is 354 g/mol. The molecule has 2 aromatic rings. The summed E-state index contributed by atoms with van der Waals surface area (Å²) < 4.78 is 2.25. The van der Waals surface area contributed by atoms with E-state index in [0.29, 0.717) is 18.7 Å². The molecule has 4 rings (SSSR count). The van der Waals surface area contributed by atoms with Gasteiger partial charge < -0.3 is 19.9 Å². The topological polar surface area (TPSA) is 87.5 Å². The van der Waals surface area contributed by atoms with Crippen LogP contribution in [0.25, 0.3) is 11.4 Å². The fourth-order valence-corrected chi connectivity index (χ4v) is 3.75. The van der Waals surface area contributed by atoms with Gasteiger partial charge in [0.15, 0.2) is 0 Å². The number of imidazole rings is 1. The second-order valence-corrected chi connectivity index (χ2v) is 6.96. The van der Waals surface area contributed by atoms with Crippen molar-refractivity contribution in [2.75, 3.05) is 18.4 Å². The highest BCUT2D eigenvalue weighted by Gasteiger charge is 2.30. The number of nitrogens with zero attached hydrogens (tertiary/aromatic N) is 3. The maximum atomic E-state index is 12.4. The van der Waals surface area contributed by atoms with Crippen LogP contribution in [0.15, 0.2) is 30.5 Å². The van der Waals surface area contributed by atoms with Gasteiger partial charge in [0.05, 0.1) is 5.92 Å². The number of carbonyl (C=O) groups excluding carboxylic acids is 1. The summed E-state index contributed by atoms with van der Waals surface area (Å²) in [5.41, 5.74) is 2.93. The predicted molar refractivity (Wildman–Crippen MR) is 96.9 cm³/mol. The molecule has 1 aromatic carbocycles. The number of anilines is 1. The molecule has 0 saturated carbocycles. The lowest BCUT2D eigenvalue weighted by molar-refractivity contribution is -0.141. The molecule has 2 aliphatic heterocycles. The molecule has 26 heavy (non-hydrogen) atoms. The van der Waals surface area contributed by atoms with Gasteiger partial charge in [-0.3, -0.25) is 4.79 Å². The van der Waals surface area contributed by atoms with E-state index in [1.165, 1.54) is 12.1 Å². The van der Waals surface area contributed by atoms with Crippen molar-refractivity contribution >= 4 is 17.7 Å². The van der Waals surface area contributed by atoms with E-state index in [2.05, 4.69) is 14.9 Å². The third-order valence-corrected chi connectivity index (χ3v) is 5.20.